The second-order valence-corrected chi connectivity index (χ2v) is 4.34. The van der Waals surface area contributed by atoms with Crippen molar-refractivity contribution in [2.75, 3.05) is 11.4 Å². The van der Waals surface area contributed by atoms with Crippen molar-refractivity contribution in [1.82, 2.24) is 0 Å². The minimum Gasteiger partial charge on any atom is -0.330 e. The Balaban J connectivity index is 2.18. The Morgan fingerprint density at radius 2 is 2.25 bits per heavy atom. The fourth-order valence-electron chi connectivity index (χ4n) is 2.32. The maximum atomic E-state index is 12.0. The second-order valence-electron chi connectivity index (χ2n) is 4.34. The van der Waals surface area contributed by atoms with Crippen molar-refractivity contribution in [1.29, 1.82) is 0 Å². The second kappa shape index (κ2) is 4.66. The molecule has 1 aromatic rings. The molecule has 3 nitrogen and oxygen atoms in total. The van der Waals surface area contributed by atoms with Gasteiger partial charge in [-0.1, -0.05) is 18.2 Å². The number of benzene rings is 1. The maximum Gasteiger partial charge on any atom is 0.227 e. The minimum absolute atomic E-state index is 0.197. The lowest BCUT2D eigenvalue weighted by atomic mass is 10.1. The van der Waals surface area contributed by atoms with E-state index >= 15 is 0 Å². The summed E-state index contributed by atoms with van der Waals surface area (Å²) in [4.78, 5) is 14.0. The first-order valence-electron chi connectivity index (χ1n) is 5.84. The van der Waals surface area contributed by atoms with Gasteiger partial charge in [0.1, 0.15) is 0 Å². The van der Waals surface area contributed by atoms with E-state index in [0.29, 0.717) is 13.0 Å². The molecule has 0 saturated heterocycles. The smallest absolute Gasteiger partial charge is 0.227 e. The molecule has 0 spiro atoms. The van der Waals surface area contributed by atoms with Crippen LogP contribution in [0.25, 0.3) is 0 Å². The summed E-state index contributed by atoms with van der Waals surface area (Å²) in [6.07, 6.45) is 2.28. The first kappa shape index (κ1) is 11.1. The van der Waals surface area contributed by atoms with E-state index in [9.17, 15) is 4.79 Å². The Labute approximate surface area is 96.2 Å². The maximum absolute atomic E-state index is 12.0. The Bertz CT molecular complexity index is 389. The van der Waals surface area contributed by atoms with Gasteiger partial charge < -0.3 is 10.6 Å². The molecule has 1 atom stereocenters. The van der Waals surface area contributed by atoms with E-state index in [1.165, 1.54) is 5.56 Å². The molecule has 1 amide bonds. The molecule has 2 rings (SSSR count). The van der Waals surface area contributed by atoms with Gasteiger partial charge in [0.05, 0.1) is 0 Å². The zero-order valence-corrected chi connectivity index (χ0v) is 9.65. The number of fused-ring (bicyclic) bond motifs is 1. The Morgan fingerprint density at radius 3 is 3.00 bits per heavy atom. The summed E-state index contributed by atoms with van der Waals surface area (Å²) in [7, 11) is 0. The van der Waals surface area contributed by atoms with E-state index in [1.807, 2.05) is 23.1 Å². The fourth-order valence-corrected chi connectivity index (χ4v) is 2.32. The van der Waals surface area contributed by atoms with Crippen LogP contribution in [-0.2, 0) is 11.2 Å². The number of para-hydroxylation sites is 1. The van der Waals surface area contributed by atoms with Crippen LogP contribution in [0, 0.1) is 0 Å². The number of rotatable bonds is 3. The van der Waals surface area contributed by atoms with Crippen LogP contribution >= 0.6 is 0 Å². The number of carbonyl (C=O) groups excluding carboxylic acids is 1. The molecule has 0 saturated carbocycles. The van der Waals surface area contributed by atoms with Gasteiger partial charge in [0, 0.05) is 18.2 Å². The summed E-state index contributed by atoms with van der Waals surface area (Å²) in [6, 6.07) is 8.42. The summed E-state index contributed by atoms with van der Waals surface area (Å²) >= 11 is 0. The number of nitrogens with two attached hydrogens (primary N) is 1. The van der Waals surface area contributed by atoms with E-state index in [4.69, 9.17) is 5.73 Å². The Kier molecular flexibility index (Phi) is 3.25. The molecule has 86 valence electrons. The van der Waals surface area contributed by atoms with Crippen molar-refractivity contribution < 1.29 is 4.79 Å². The zero-order valence-electron chi connectivity index (χ0n) is 9.65. The molecule has 2 N–H and O–H groups in total. The van der Waals surface area contributed by atoms with Gasteiger partial charge >= 0.3 is 0 Å². The van der Waals surface area contributed by atoms with Crippen LogP contribution in [0.2, 0.25) is 0 Å². The van der Waals surface area contributed by atoms with Crippen LogP contribution in [0.5, 0.6) is 0 Å². The predicted molar refractivity (Wildman–Crippen MR) is 65.4 cm³/mol. The van der Waals surface area contributed by atoms with Gasteiger partial charge in [0.15, 0.2) is 0 Å². The van der Waals surface area contributed by atoms with E-state index < -0.39 is 0 Å². The topological polar surface area (TPSA) is 46.3 Å². The minimum atomic E-state index is 0.197. The van der Waals surface area contributed by atoms with E-state index in [0.717, 1.165) is 18.5 Å². The highest BCUT2D eigenvalue weighted by Crippen LogP contribution is 2.32. The molecule has 0 bridgehead atoms. The molecule has 16 heavy (non-hydrogen) atoms. The summed E-state index contributed by atoms with van der Waals surface area (Å²) in [6.45, 7) is 2.68. The van der Waals surface area contributed by atoms with E-state index in [-0.39, 0.29) is 11.9 Å². The molecule has 0 aliphatic carbocycles. The van der Waals surface area contributed by atoms with Gasteiger partial charge in [-0.2, -0.15) is 0 Å². The highest BCUT2D eigenvalue weighted by Gasteiger charge is 2.29. The van der Waals surface area contributed by atoms with Crippen LogP contribution in [0.4, 0.5) is 5.69 Å². The van der Waals surface area contributed by atoms with Crippen LogP contribution < -0.4 is 10.6 Å². The van der Waals surface area contributed by atoms with Gasteiger partial charge in [-0.05, 0) is 37.9 Å². The van der Waals surface area contributed by atoms with Crippen LogP contribution in [0.15, 0.2) is 24.3 Å². The summed E-state index contributed by atoms with van der Waals surface area (Å²) in [5.41, 5.74) is 7.79. The quantitative estimate of drug-likeness (QED) is 0.839. The molecule has 0 aromatic heterocycles. The SMILES string of the molecule is C[C@@H]1Cc2ccccc2N1C(=O)CCCN. The standard InChI is InChI=1S/C13H18N2O/c1-10-9-11-5-2-3-6-12(11)15(10)13(16)7-4-8-14/h2-3,5-6,10H,4,7-9,14H2,1H3/t10-/m1/s1. The highest BCUT2D eigenvalue weighted by molar-refractivity contribution is 5.96. The lowest BCUT2D eigenvalue weighted by Crippen LogP contribution is -2.35. The summed E-state index contributed by atoms with van der Waals surface area (Å²) in [5.74, 6) is 0.197. The monoisotopic (exact) mass is 218 g/mol. The van der Waals surface area contributed by atoms with Crippen LogP contribution in [-0.4, -0.2) is 18.5 Å². The molecule has 1 heterocycles. The van der Waals surface area contributed by atoms with Crippen LogP contribution in [0.1, 0.15) is 25.3 Å². The van der Waals surface area contributed by atoms with Gasteiger partial charge in [-0.3, -0.25) is 4.79 Å². The Hall–Kier alpha value is -1.35. The summed E-state index contributed by atoms with van der Waals surface area (Å²) < 4.78 is 0. The number of amides is 1. The van der Waals surface area contributed by atoms with Gasteiger partial charge in [0.2, 0.25) is 5.91 Å². The van der Waals surface area contributed by atoms with Crippen molar-refractivity contribution in [3.63, 3.8) is 0 Å². The molecule has 1 aliphatic heterocycles. The number of nitrogens with zero attached hydrogens (tertiary/aromatic N) is 1. The number of hydrogen-bond donors (Lipinski definition) is 1. The van der Waals surface area contributed by atoms with Gasteiger partial charge in [-0.15, -0.1) is 0 Å². The number of hydrogen-bond acceptors (Lipinski definition) is 2. The van der Waals surface area contributed by atoms with Gasteiger partial charge in [-0.25, -0.2) is 0 Å². The summed E-state index contributed by atoms with van der Waals surface area (Å²) in [5, 5.41) is 0. The van der Waals surface area contributed by atoms with E-state index in [1.54, 1.807) is 0 Å². The third-order valence-corrected chi connectivity index (χ3v) is 3.07. The average Bonchev–Trinajstić information content (AvgIpc) is 2.62. The first-order valence-corrected chi connectivity index (χ1v) is 5.84. The fraction of sp³-hybridized carbons (Fsp3) is 0.462. The van der Waals surface area contributed by atoms with Crippen LogP contribution in [0.3, 0.4) is 0 Å². The lowest BCUT2D eigenvalue weighted by molar-refractivity contribution is -0.118. The highest BCUT2D eigenvalue weighted by atomic mass is 16.2. The van der Waals surface area contributed by atoms with Crippen molar-refractivity contribution >= 4 is 11.6 Å². The molecule has 3 heteroatoms. The third kappa shape index (κ3) is 1.95. The largest absolute Gasteiger partial charge is 0.330 e. The van der Waals surface area contributed by atoms with Crippen molar-refractivity contribution in [3.05, 3.63) is 29.8 Å². The van der Waals surface area contributed by atoms with Crippen molar-refractivity contribution in [2.24, 2.45) is 5.73 Å². The molecule has 0 radical (unpaired) electrons. The van der Waals surface area contributed by atoms with Crippen molar-refractivity contribution in [3.8, 4) is 0 Å². The molecule has 0 unspecified atom stereocenters. The zero-order chi connectivity index (χ0) is 11.5. The predicted octanol–water partition coefficient (Wildman–Crippen LogP) is 1.70. The molecule has 1 aromatic carbocycles. The molecule has 1 aliphatic rings. The third-order valence-electron chi connectivity index (χ3n) is 3.07. The first-order chi connectivity index (χ1) is 7.74. The van der Waals surface area contributed by atoms with Gasteiger partial charge in [0.25, 0.3) is 0 Å². The normalized spacial score (nSPS) is 18.6. The Morgan fingerprint density at radius 1 is 1.50 bits per heavy atom. The average molecular weight is 218 g/mol. The number of anilines is 1. The molecular weight excluding hydrogens is 200 g/mol. The molecular formula is C13H18N2O. The lowest BCUT2D eigenvalue weighted by Gasteiger charge is -2.22. The van der Waals surface area contributed by atoms with Crippen molar-refractivity contribution in [2.45, 2.75) is 32.2 Å². The van der Waals surface area contributed by atoms with E-state index in [2.05, 4.69) is 13.0 Å². The molecule has 0 fully saturated rings. The number of carbonyl (C=O) groups is 1.